The zero-order valence-corrected chi connectivity index (χ0v) is 16.3. The zero-order chi connectivity index (χ0) is 21.3. The van der Waals surface area contributed by atoms with Crippen LogP contribution in [0.5, 0.6) is 11.6 Å². The van der Waals surface area contributed by atoms with Gasteiger partial charge in [-0.1, -0.05) is 6.07 Å². The Balaban J connectivity index is 1.48. The first kappa shape index (κ1) is 20.7. The van der Waals surface area contributed by atoms with Gasteiger partial charge in [0.05, 0.1) is 23.8 Å². The zero-order valence-electron chi connectivity index (χ0n) is 16.3. The molecule has 0 unspecified atom stereocenters. The van der Waals surface area contributed by atoms with Crippen molar-refractivity contribution in [3.63, 3.8) is 0 Å². The van der Waals surface area contributed by atoms with E-state index in [2.05, 4.69) is 15.5 Å². The Morgan fingerprint density at radius 2 is 1.87 bits per heavy atom. The van der Waals surface area contributed by atoms with Crippen LogP contribution in [0.1, 0.15) is 17.3 Å². The first-order chi connectivity index (χ1) is 14.6. The van der Waals surface area contributed by atoms with Crippen molar-refractivity contribution in [3.05, 3.63) is 76.3 Å². The Morgan fingerprint density at radius 3 is 2.53 bits per heavy atom. The lowest BCUT2D eigenvalue weighted by Gasteiger charge is -2.08. The second-order valence-electron chi connectivity index (χ2n) is 6.13. The molecule has 3 aromatic rings. The number of ether oxygens (including phenoxy) is 2. The number of carbonyl (C=O) groups excluding carboxylic acids is 1. The molecule has 30 heavy (non-hydrogen) atoms. The molecule has 154 valence electrons. The fraction of sp³-hybridized carbons (Fsp3) is 0.190. The van der Waals surface area contributed by atoms with Gasteiger partial charge in [-0.2, -0.15) is 0 Å². The van der Waals surface area contributed by atoms with Gasteiger partial charge in [-0.3, -0.25) is 14.9 Å². The topological polar surface area (TPSA) is 116 Å². The normalized spacial score (nSPS) is 10.3. The summed E-state index contributed by atoms with van der Waals surface area (Å²) in [7, 11) is 0. The molecule has 1 N–H and O–H groups in total. The average molecular weight is 408 g/mol. The SMILES string of the molecule is CCOc1ccc(-c2ccc(OCCNC(=O)c3cccc([N+](=O)[O-])c3)nn2)cc1. The molecule has 0 saturated heterocycles. The predicted octanol–water partition coefficient (Wildman–Crippen LogP) is 3.26. The summed E-state index contributed by atoms with van der Waals surface area (Å²) in [6.07, 6.45) is 0. The highest BCUT2D eigenvalue weighted by atomic mass is 16.6. The van der Waals surface area contributed by atoms with Crippen LogP contribution >= 0.6 is 0 Å². The van der Waals surface area contributed by atoms with Crippen molar-refractivity contribution >= 4 is 11.6 Å². The number of carbonyl (C=O) groups is 1. The molecule has 2 aromatic carbocycles. The maximum absolute atomic E-state index is 12.1. The number of nitrogens with zero attached hydrogens (tertiary/aromatic N) is 3. The van der Waals surface area contributed by atoms with E-state index in [1.807, 2.05) is 31.2 Å². The molecule has 0 spiro atoms. The van der Waals surface area contributed by atoms with Gasteiger partial charge in [0.25, 0.3) is 11.6 Å². The van der Waals surface area contributed by atoms with Gasteiger partial charge in [-0.15, -0.1) is 10.2 Å². The molecule has 1 heterocycles. The summed E-state index contributed by atoms with van der Waals surface area (Å²) >= 11 is 0. The molecule has 1 amide bonds. The lowest BCUT2D eigenvalue weighted by atomic mass is 10.1. The summed E-state index contributed by atoms with van der Waals surface area (Å²) in [5.74, 6) is 0.704. The molecule has 0 radical (unpaired) electrons. The molecule has 0 aliphatic carbocycles. The smallest absolute Gasteiger partial charge is 0.270 e. The summed E-state index contributed by atoms with van der Waals surface area (Å²) in [4.78, 5) is 22.3. The first-order valence-electron chi connectivity index (χ1n) is 9.29. The average Bonchev–Trinajstić information content (AvgIpc) is 2.78. The van der Waals surface area contributed by atoms with Gasteiger partial charge >= 0.3 is 0 Å². The van der Waals surface area contributed by atoms with Crippen molar-refractivity contribution in [2.75, 3.05) is 19.8 Å². The van der Waals surface area contributed by atoms with Crippen LogP contribution in [-0.4, -0.2) is 40.8 Å². The third-order valence-electron chi connectivity index (χ3n) is 4.06. The molecule has 0 aliphatic rings. The Bertz CT molecular complexity index is 1010. The number of non-ortho nitro benzene ring substituents is 1. The van der Waals surface area contributed by atoms with E-state index in [9.17, 15) is 14.9 Å². The van der Waals surface area contributed by atoms with E-state index in [0.29, 0.717) is 18.2 Å². The Morgan fingerprint density at radius 1 is 1.07 bits per heavy atom. The van der Waals surface area contributed by atoms with Gasteiger partial charge in [0.15, 0.2) is 0 Å². The second kappa shape index (κ2) is 9.97. The first-order valence-corrected chi connectivity index (χ1v) is 9.29. The Hall–Kier alpha value is -4.01. The maximum Gasteiger partial charge on any atom is 0.270 e. The van der Waals surface area contributed by atoms with E-state index >= 15 is 0 Å². The lowest BCUT2D eigenvalue weighted by Crippen LogP contribution is -2.28. The molecular formula is C21H20N4O5. The third-order valence-corrected chi connectivity index (χ3v) is 4.06. The van der Waals surface area contributed by atoms with Crippen molar-refractivity contribution in [2.45, 2.75) is 6.92 Å². The highest BCUT2D eigenvalue weighted by Gasteiger charge is 2.11. The molecule has 0 aliphatic heterocycles. The lowest BCUT2D eigenvalue weighted by molar-refractivity contribution is -0.384. The molecule has 9 nitrogen and oxygen atoms in total. The van der Waals surface area contributed by atoms with Gasteiger partial charge in [0.2, 0.25) is 5.88 Å². The van der Waals surface area contributed by atoms with Gasteiger partial charge in [0.1, 0.15) is 12.4 Å². The number of benzene rings is 2. The summed E-state index contributed by atoms with van der Waals surface area (Å²) in [5, 5.41) is 21.6. The number of aromatic nitrogens is 2. The molecule has 9 heteroatoms. The van der Waals surface area contributed by atoms with Crippen LogP contribution < -0.4 is 14.8 Å². The minimum atomic E-state index is -0.546. The molecule has 0 bridgehead atoms. The fourth-order valence-corrected chi connectivity index (χ4v) is 2.62. The van der Waals surface area contributed by atoms with Crippen LogP contribution in [0.15, 0.2) is 60.7 Å². The van der Waals surface area contributed by atoms with Crippen LogP contribution in [0.3, 0.4) is 0 Å². The standard InChI is InChI=1S/C21H20N4O5/c1-2-29-18-8-6-15(7-9-18)19-10-11-20(24-23-19)30-13-12-22-21(26)16-4-3-5-17(14-16)25(27)28/h3-11,14H,2,12-13H2,1H3,(H,22,26). The van der Waals surface area contributed by atoms with Crippen LogP contribution in [0.2, 0.25) is 0 Å². The summed E-state index contributed by atoms with van der Waals surface area (Å²) in [5.41, 5.74) is 1.68. The van der Waals surface area contributed by atoms with E-state index < -0.39 is 10.8 Å². The molecular weight excluding hydrogens is 388 g/mol. The van der Waals surface area contributed by atoms with Gasteiger partial charge < -0.3 is 14.8 Å². The van der Waals surface area contributed by atoms with Crippen molar-refractivity contribution in [2.24, 2.45) is 0 Å². The largest absolute Gasteiger partial charge is 0.494 e. The molecule has 3 rings (SSSR count). The number of nitro benzene ring substituents is 1. The maximum atomic E-state index is 12.1. The minimum Gasteiger partial charge on any atom is -0.494 e. The number of hydrogen-bond acceptors (Lipinski definition) is 7. The number of hydrogen-bond donors (Lipinski definition) is 1. The van der Waals surface area contributed by atoms with Gasteiger partial charge in [0, 0.05) is 29.3 Å². The van der Waals surface area contributed by atoms with E-state index in [1.165, 1.54) is 24.3 Å². The second-order valence-corrected chi connectivity index (χ2v) is 6.13. The van der Waals surface area contributed by atoms with Crippen molar-refractivity contribution in [3.8, 4) is 22.9 Å². The highest BCUT2D eigenvalue weighted by molar-refractivity contribution is 5.94. The van der Waals surface area contributed by atoms with Crippen LogP contribution in [-0.2, 0) is 0 Å². The van der Waals surface area contributed by atoms with E-state index in [-0.39, 0.29) is 24.4 Å². The fourth-order valence-electron chi connectivity index (χ4n) is 2.62. The molecule has 0 atom stereocenters. The van der Waals surface area contributed by atoms with Gasteiger partial charge in [-0.05, 0) is 43.3 Å². The van der Waals surface area contributed by atoms with Crippen molar-refractivity contribution in [1.82, 2.24) is 15.5 Å². The van der Waals surface area contributed by atoms with Crippen LogP contribution in [0.25, 0.3) is 11.3 Å². The number of amides is 1. The Labute approximate surface area is 172 Å². The van der Waals surface area contributed by atoms with Crippen molar-refractivity contribution < 1.29 is 19.2 Å². The molecule has 1 aromatic heterocycles. The van der Waals surface area contributed by atoms with E-state index in [4.69, 9.17) is 9.47 Å². The molecule has 0 fully saturated rings. The quantitative estimate of drug-likeness (QED) is 0.328. The molecule has 0 saturated carbocycles. The number of nitrogens with one attached hydrogen (secondary N) is 1. The number of nitro groups is 1. The van der Waals surface area contributed by atoms with Crippen molar-refractivity contribution in [1.29, 1.82) is 0 Å². The predicted molar refractivity (Wildman–Crippen MR) is 110 cm³/mol. The monoisotopic (exact) mass is 408 g/mol. The summed E-state index contributed by atoms with van der Waals surface area (Å²) in [6, 6.07) is 16.6. The third kappa shape index (κ3) is 5.51. The van der Waals surface area contributed by atoms with E-state index in [0.717, 1.165) is 11.3 Å². The minimum absolute atomic E-state index is 0.137. The van der Waals surface area contributed by atoms with Crippen LogP contribution in [0, 0.1) is 10.1 Å². The highest BCUT2D eigenvalue weighted by Crippen LogP contribution is 2.21. The van der Waals surface area contributed by atoms with Gasteiger partial charge in [-0.25, -0.2) is 0 Å². The Kier molecular flexibility index (Phi) is 6.88. The summed E-state index contributed by atoms with van der Waals surface area (Å²) < 4.78 is 10.9. The van der Waals surface area contributed by atoms with Crippen LogP contribution in [0.4, 0.5) is 5.69 Å². The number of rotatable bonds is 9. The van der Waals surface area contributed by atoms with E-state index in [1.54, 1.807) is 12.1 Å². The summed E-state index contributed by atoms with van der Waals surface area (Å²) in [6.45, 7) is 2.93.